The zero-order chi connectivity index (χ0) is 13.0. The number of halogens is 1. The van der Waals surface area contributed by atoms with Gasteiger partial charge in [0, 0.05) is 19.5 Å². The number of aliphatic hydroxyl groups excluding tert-OH is 1. The van der Waals surface area contributed by atoms with Crippen molar-refractivity contribution in [3.05, 3.63) is 35.6 Å². The van der Waals surface area contributed by atoms with E-state index in [1.54, 1.807) is 17.0 Å². The predicted molar refractivity (Wildman–Crippen MR) is 66.5 cm³/mol. The summed E-state index contributed by atoms with van der Waals surface area (Å²) in [5.74, 6) is -0.138. The zero-order valence-electron chi connectivity index (χ0n) is 10.3. The molecule has 0 aromatic heterocycles. The Labute approximate surface area is 106 Å². The standard InChI is InChI=1S/C14H18FNO2/c15-12-4-1-11(2-5-12)3-6-14(18)16-9-7-13(17)8-10-16/h1-2,4-5,13,17H,3,6-10H2. The Bertz CT molecular complexity index is 397. The molecule has 0 bridgehead atoms. The van der Waals surface area contributed by atoms with Gasteiger partial charge in [0.1, 0.15) is 5.82 Å². The van der Waals surface area contributed by atoms with E-state index in [4.69, 9.17) is 0 Å². The summed E-state index contributed by atoms with van der Waals surface area (Å²) in [4.78, 5) is 13.7. The fraction of sp³-hybridized carbons (Fsp3) is 0.500. The normalized spacial score (nSPS) is 16.9. The van der Waals surface area contributed by atoms with Crippen molar-refractivity contribution in [1.82, 2.24) is 4.90 Å². The molecule has 1 amide bonds. The Morgan fingerprint density at radius 3 is 2.50 bits per heavy atom. The molecular weight excluding hydrogens is 233 g/mol. The predicted octanol–water partition coefficient (Wildman–Crippen LogP) is 1.74. The van der Waals surface area contributed by atoms with Crippen LogP contribution in [0.25, 0.3) is 0 Å². The molecule has 3 nitrogen and oxygen atoms in total. The molecule has 0 radical (unpaired) electrons. The van der Waals surface area contributed by atoms with Crippen LogP contribution in [-0.4, -0.2) is 35.1 Å². The van der Waals surface area contributed by atoms with Crippen LogP contribution in [0.1, 0.15) is 24.8 Å². The summed E-state index contributed by atoms with van der Waals surface area (Å²) >= 11 is 0. The highest BCUT2D eigenvalue weighted by atomic mass is 19.1. The highest BCUT2D eigenvalue weighted by Crippen LogP contribution is 2.12. The van der Waals surface area contributed by atoms with E-state index in [1.807, 2.05) is 0 Å². The third-order valence-corrected chi connectivity index (χ3v) is 3.36. The topological polar surface area (TPSA) is 40.5 Å². The van der Waals surface area contributed by atoms with E-state index >= 15 is 0 Å². The van der Waals surface area contributed by atoms with E-state index in [-0.39, 0.29) is 17.8 Å². The number of carbonyl (C=O) groups is 1. The van der Waals surface area contributed by atoms with Gasteiger partial charge in [-0.2, -0.15) is 0 Å². The van der Waals surface area contributed by atoms with E-state index in [0.29, 0.717) is 38.8 Å². The molecule has 2 rings (SSSR count). The second kappa shape index (κ2) is 5.96. The first-order valence-corrected chi connectivity index (χ1v) is 6.35. The van der Waals surface area contributed by atoms with Crippen molar-refractivity contribution < 1.29 is 14.3 Å². The number of nitrogens with zero attached hydrogens (tertiary/aromatic N) is 1. The first-order chi connectivity index (χ1) is 8.65. The van der Waals surface area contributed by atoms with Gasteiger partial charge in [-0.15, -0.1) is 0 Å². The molecule has 1 aliphatic rings. The molecule has 1 aliphatic heterocycles. The Morgan fingerprint density at radius 1 is 1.28 bits per heavy atom. The van der Waals surface area contributed by atoms with Gasteiger partial charge in [-0.1, -0.05) is 12.1 Å². The maximum Gasteiger partial charge on any atom is 0.222 e. The van der Waals surface area contributed by atoms with Crippen LogP contribution in [0.15, 0.2) is 24.3 Å². The minimum Gasteiger partial charge on any atom is -0.393 e. The van der Waals surface area contributed by atoms with Crippen LogP contribution < -0.4 is 0 Å². The van der Waals surface area contributed by atoms with Gasteiger partial charge in [0.15, 0.2) is 0 Å². The van der Waals surface area contributed by atoms with Gasteiger partial charge in [-0.05, 0) is 37.0 Å². The molecule has 1 heterocycles. The molecule has 4 heteroatoms. The summed E-state index contributed by atoms with van der Waals surface area (Å²) in [6.45, 7) is 1.28. The highest BCUT2D eigenvalue weighted by molar-refractivity contribution is 5.76. The molecule has 0 saturated carbocycles. The molecule has 0 aliphatic carbocycles. The lowest BCUT2D eigenvalue weighted by atomic mass is 10.1. The first kappa shape index (κ1) is 13.0. The number of aliphatic hydroxyl groups is 1. The van der Waals surface area contributed by atoms with Crippen LogP contribution in [0.2, 0.25) is 0 Å². The van der Waals surface area contributed by atoms with Gasteiger partial charge in [-0.25, -0.2) is 4.39 Å². The van der Waals surface area contributed by atoms with Crippen LogP contribution in [0.5, 0.6) is 0 Å². The van der Waals surface area contributed by atoms with Gasteiger partial charge < -0.3 is 10.0 Å². The monoisotopic (exact) mass is 251 g/mol. The molecule has 1 fully saturated rings. The second-order valence-corrected chi connectivity index (χ2v) is 4.74. The fourth-order valence-electron chi connectivity index (χ4n) is 2.18. The molecule has 1 aromatic rings. The molecule has 0 atom stereocenters. The molecule has 1 saturated heterocycles. The summed E-state index contributed by atoms with van der Waals surface area (Å²) in [6, 6.07) is 6.25. The van der Waals surface area contributed by atoms with Gasteiger partial charge in [0.25, 0.3) is 0 Å². The molecule has 1 aromatic carbocycles. The molecule has 98 valence electrons. The van der Waals surface area contributed by atoms with Gasteiger partial charge in [0.2, 0.25) is 5.91 Å². The van der Waals surface area contributed by atoms with Gasteiger partial charge >= 0.3 is 0 Å². The fourth-order valence-corrected chi connectivity index (χ4v) is 2.18. The molecule has 0 spiro atoms. The van der Waals surface area contributed by atoms with E-state index in [0.717, 1.165) is 5.56 Å². The Morgan fingerprint density at radius 2 is 1.89 bits per heavy atom. The van der Waals surface area contributed by atoms with E-state index in [1.165, 1.54) is 12.1 Å². The van der Waals surface area contributed by atoms with Crippen molar-refractivity contribution in [1.29, 1.82) is 0 Å². The maximum atomic E-state index is 12.7. The average Bonchev–Trinajstić information content (AvgIpc) is 2.38. The zero-order valence-corrected chi connectivity index (χ0v) is 10.3. The number of amides is 1. The molecular formula is C14H18FNO2. The largest absolute Gasteiger partial charge is 0.393 e. The summed E-state index contributed by atoms with van der Waals surface area (Å²) in [6.07, 6.45) is 2.16. The number of aryl methyl sites for hydroxylation is 1. The second-order valence-electron chi connectivity index (χ2n) is 4.74. The third kappa shape index (κ3) is 3.53. The molecule has 0 unspecified atom stereocenters. The smallest absolute Gasteiger partial charge is 0.222 e. The summed E-state index contributed by atoms with van der Waals surface area (Å²) < 4.78 is 12.7. The number of hydrogen-bond acceptors (Lipinski definition) is 2. The molecule has 1 N–H and O–H groups in total. The number of piperidine rings is 1. The Kier molecular flexibility index (Phi) is 4.31. The number of rotatable bonds is 3. The summed E-state index contributed by atoms with van der Waals surface area (Å²) in [7, 11) is 0. The number of benzene rings is 1. The number of hydrogen-bond donors (Lipinski definition) is 1. The van der Waals surface area contributed by atoms with E-state index in [9.17, 15) is 14.3 Å². The third-order valence-electron chi connectivity index (χ3n) is 3.36. The van der Waals surface area contributed by atoms with Crippen molar-refractivity contribution >= 4 is 5.91 Å². The Balaban J connectivity index is 1.79. The van der Waals surface area contributed by atoms with E-state index in [2.05, 4.69) is 0 Å². The minimum atomic E-state index is -0.258. The average molecular weight is 251 g/mol. The van der Waals surface area contributed by atoms with Crippen molar-refractivity contribution in [2.75, 3.05) is 13.1 Å². The van der Waals surface area contributed by atoms with Crippen LogP contribution in [0, 0.1) is 5.82 Å². The highest BCUT2D eigenvalue weighted by Gasteiger charge is 2.20. The SMILES string of the molecule is O=C(CCc1ccc(F)cc1)N1CCC(O)CC1. The lowest BCUT2D eigenvalue weighted by Gasteiger charge is -2.29. The lowest BCUT2D eigenvalue weighted by molar-refractivity contribution is -0.133. The number of carbonyl (C=O) groups excluding carboxylic acids is 1. The van der Waals surface area contributed by atoms with Gasteiger partial charge in [0.05, 0.1) is 6.10 Å². The van der Waals surface area contributed by atoms with Crippen molar-refractivity contribution in [2.24, 2.45) is 0 Å². The van der Waals surface area contributed by atoms with Crippen LogP contribution in [-0.2, 0) is 11.2 Å². The summed E-state index contributed by atoms with van der Waals surface area (Å²) in [5.41, 5.74) is 0.974. The van der Waals surface area contributed by atoms with Crippen LogP contribution >= 0.6 is 0 Å². The molecule has 18 heavy (non-hydrogen) atoms. The summed E-state index contributed by atoms with van der Waals surface area (Å²) in [5, 5.41) is 9.37. The van der Waals surface area contributed by atoms with Crippen LogP contribution in [0.4, 0.5) is 4.39 Å². The number of likely N-dealkylation sites (tertiary alicyclic amines) is 1. The van der Waals surface area contributed by atoms with Gasteiger partial charge in [-0.3, -0.25) is 4.79 Å². The first-order valence-electron chi connectivity index (χ1n) is 6.35. The van der Waals surface area contributed by atoms with Crippen molar-refractivity contribution in [3.63, 3.8) is 0 Å². The lowest BCUT2D eigenvalue weighted by Crippen LogP contribution is -2.40. The Hall–Kier alpha value is -1.42. The van der Waals surface area contributed by atoms with Crippen molar-refractivity contribution in [3.8, 4) is 0 Å². The quantitative estimate of drug-likeness (QED) is 0.889. The minimum absolute atomic E-state index is 0.117. The van der Waals surface area contributed by atoms with Crippen molar-refractivity contribution in [2.45, 2.75) is 31.8 Å². The maximum absolute atomic E-state index is 12.7. The van der Waals surface area contributed by atoms with E-state index < -0.39 is 0 Å². The van der Waals surface area contributed by atoms with Crippen LogP contribution in [0.3, 0.4) is 0 Å².